The lowest BCUT2D eigenvalue weighted by molar-refractivity contribution is 0.489. The van der Waals surface area contributed by atoms with Crippen LogP contribution in [-0.4, -0.2) is 34.3 Å². The van der Waals surface area contributed by atoms with E-state index in [2.05, 4.69) is 37.4 Å². The van der Waals surface area contributed by atoms with Gasteiger partial charge in [-0.05, 0) is 17.7 Å². The van der Waals surface area contributed by atoms with E-state index in [1.54, 1.807) is 12.5 Å². The number of fused-ring (bicyclic) bond motifs is 4. The molecule has 0 amide bonds. The lowest BCUT2D eigenvalue weighted by Crippen LogP contribution is -2.03. The number of benzene rings is 2. The number of hydrogen-bond acceptors (Lipinski definition) is 7. The second kappa shape index (κ2) is 6.96. The summed E-state index contributed by atoms with van der Waals surface area (Å²) in [5, 5.41) is 14.7. The summed E-state index contributed by atoms with van der Waals surface area (Å²) in [5.74, 6) is 1.35. The van der Waals surface area contributed by atoms with Gasteiger partial charge in [0.15, 0.2) is 16.9 Å². The third-order valence-corrected chi connectivity index (χ3v) is 5.71. The number of oxazole rings is 1. The highest BCUT2D eigenvalue weighted by atomic mass is 32.2. The molecule has 0 spiro atoms. The van der Waals surface area contributed by atoms with Gasteiger partial charge in [0, 0.05) is 0 Å². The van der Waals surface area contributed by atoms with Crippen molar-refractivity contribution in [3.63, 3.8) is 0 Å². The molecule has 4 aromatic heterocycles. The Morgan fingerprint density at radius 1 is 0.933 bits per heavy atom. The maximum Gasteiger partial charge on any atom is 0.257 e. The molecule has 8 nitrogen and oxygen atoms in total. The van der Waals surface area contributed by atoms with E-state index in [0.29, 0.717) is 17.5 Å². The van der Waals surface area contributed by atoms with Gasteiger partial charge in [-0.2, -0.15) is 5.10 Å². The number of para-hydroxylation sites is 2. The molecular weight excluding hydrogens is 398 g/mol. The maximum atomic E-state index is 5.77. The van der Waals surface area contributed by atoms with Gasteiger partial charge in [0.05, 0.1) is 23.9 Å². The second-order valence-corrected chi connectivity index (χ2v) is 7.74. The summed E-state index contributed by atoms with van der Waals surface area (Å²) in [7, 11) is 0. The van der Waals surface area contributed by atoms with Crippen LogP contribution in [0.2, 0.25) is 0 Å². The Hall–Kier alpha value is -3.72. The average Bonchev–Trinajstić information content (AvgIpc) is 3.49. The van der Waals surface area contributed by atoms with Crippen LogP contribution in [0.4, 0.5) is 0 Å². The maximum absolute atomic E-state index is 5.77. The van der Waals surface area contributed by atoms with E-state index in [1.807, 2.05) is 51.5 Å². The van der Waals surface area contributed by atoms with Gasteiger partial charge in [0.25, 0.3) is 5.22 Å². The number of aromatic nitrogens is 7. The molecule has 6 rings (SSSR count). The molecule has 146 valence electrons. The van der Waals surface area contributed by atoms with Gasteiger partial charge in [-0.3, -0.25) is 4.40 Å². The smallest absolute Gasteiger partial charge is 0.257 e. The number of hydrogen-bond donors (Lipinski definition) is 0. The Kier molecular flexibility index (Phi) is 3.98. The minimum absolute atomic E-state index is 0.569. The van der Waals surface area contributed by atoms with Crippen LogP contribution < -0.4 is 0 Å². The first-order valence-electron chi connectivity index (χ1n) is 9.41. The molecule has 0 fully saturated rings. The Morgan fingerprint density at radius 3 is 2.70 bits per heavy atom. The molecule has 2 aromatic carbocycles. The molecule has 0 unspecified atom stereocenters. The molecule has 0 saturated carbocycles. The van der Waals surface area contributed by atoms with E-state index < -0.39 is 0 Å². The third kappa shape index (κ3) is 2.91. The Morgan fingerprint density at radius 2 is 1.80 bits per heavy atom. The van der Waals surface area contributed by atoms with Crippen LogP contribution in [0.25, 0.3) is 27.8 Å². The lowest BCUT2D eigenvalue weighted by atomic mass is 10.2. The summed E-state index contributed by atoms with van der Waals surface area (Å²) < 4.78 is 9.55. The van der Waals surface area contributed by atoms with Crippen LogP contribution >= 0.6 is 11.8 Å². The Bertz CT molecular complexity index is 1450. The van der Waals surface area contributed by atoms with Gasteiger partial charge < -0.3 is 4.42 Å². The normalized spacial score (nSPS) is 11.7. The van der Waals surface area contributed by atoms with E-state index in [-0.39, 0.29) is 0 Å². The topological polar surface area (TPSA) is 86.9 Å². The van der Waals surface area contributed by atoms with Crippen molar-refractivity contribution in [2.45, 2.75) is 17.5 Å². The van der Waals surface area contributed by atoms with E-state index >= 15 is 0 Å². The largest absolute Gasteiger partial charge is 0.431 e. The van der Waals surface area contributed by atoms with Crippen LogP contribution in [0.1, 0.15) is 11.4 Å². The van der Waals surface area contributed by atoms with Crippen LogP contribution in [0.3, 0.4) is 0 Å². The zero-order chi connectivity index (χ0) is 19.9. The van der Waals surface area contributed by atoms with Crippen molar-refractivity contribution in [1.82, 2.24) is 34.3 Å². The van der Waals surface area contributed by atoms with E-state index in [1.165, 1.54) is 17.3 Å². The van der Waals surface area contributed by atoms with E-state index in [9.17, 15) is 0 Å². The summed E-state index contributed by atoms with van der Waals surface area (Å²) >= 11 is 1.48. The summed E-state index contributed by atoms with van der Waals surface area (Å²) in [4.78, 5) is 9.12. The van der Waals surface area contributed by atoms with Gasteiger partial charge in [0.1, 0.15) is 17.7 Å². The number of nitrogens with zero attached hydrogens (tertiary/aromatic N) is 7. The van der Waals surface area contributed by atoms with Crippen LogP contribution in [0.5, 0.6) is 0 Å². The molecular formula is C21H15N7OS. The molecule has 0 bridgehead atoms. The van der Waals surface area contributed by atoms with Gasteiger partial charge in [-0.1, -0.05) is 54.2 Å². The zero-order valence-corrected chi connectivity index (χ0v) is 16.5. The highest BCUT2D eigenvalue weighted by molar-refractivity contribution is 7.98. The van der Waals surface area contributed by atoms with Crippen molar-refractivity contribution in [2.24, 2.45) is 0 Å². The highest BCUT2D eigenvalue weighted by Crippen LogP contribution is 2.26. The fourth-order valence-corrected chi connectivity index (χ4v) is 4.18. The summed E-state index contributed by atoms with van der Waals surface area (Å²) in [6, 6.07) is 17.9. The zero-order valence-electron chi connectivity index (χ0n) is 15.7. The minimum atomic E-state index is 0.569. The van der Waals surface area contributed by atoms with E-state index in [4.69, 9.17) is 4.42 Å². The van der Waals surface area contributed by atoms with Gasteiger partial charge in [-0.15, -0.1) is 10.2 Å². The third-order valence-electron chi connectivity index (χ3n) is 4.89. The molecule has 0 atom stereocenters. The van der Waals surface area contributed by atoms with Gasteiger partial charge in [0.2, 0.25) is 0 Å². The summed E-state index contributed by atoms with van der Waals surface area (Å²) in [5.41, 5.74) is 4.33. The molecule has 30 heavy (non-hydrogen) atoms. The van der Waals surface area contributed by atoms with Crippen molar-refractivity contribution in [3.8, 4) is 0 Å². The van der Waals surface area contributed by atoms with Crippen LogP contribution in [0.15, 0.2) is 76.8 Å². The predicted octanol–water partition coefficient (Wildman–Crippen LogP) is 3.96. The van der Waals surface area contributed by atoms with Crippen LogP contribution in [-0.2, 0) is 12.3 Å². The van der Waals surface area contributed by atoms with E-state index in [0.717, 1.165) is 33.6 Å². The first kappa shape index (κ1) is 17.2. The Balaban J connectivity index is 1.30. The minimum Gasteiger partial charge on any atom is -0.431 e. The Labute approximate surface area is 174 Å². The van der Waals surface area contributed by atoms with Crippen LogP contribution in [0, 0.1) is 0 Å². The van der Waals surface area contributed by atoms with Crippen molar-refractivity contribution in [2.75, 3.05) is 0 Å². The average molecular weight is 413 g/mol. The molecule has 0 aliphatic rings. The summed E-state index contributed by atoms with van der Waals surface area (Å²) in [6.45, 7) is 0.655. The van der Waals surface area contributed by atoms with Crippen molar-refractivity contribution < 1.29 is 4.42 Å². The molecule has 0 saturated heterocycles. The first-order chi connectivity index (χ1) is 14.8. The molecule has 9 heteroatoms. The SMILES string of the molecule is c1ccc(Cn2ncc3c2ncn2c(CSc4nc5ccccc5o4)nnc32)cc1. The fourth-order valence-electron chi connectivity index (χ4n) is 3.42. The predicted molar refractivity (Wildman–Crippen MR) is 113 cm³/mol. The molecule has 0 aliphatic heterocycles. The van der Waals surface area contributed by atoms with Crippen molar-refractivity contribution in [1.29, 1.82) is 0 Å². The van der Waals surface area contributed by atoms with Gasteiger partial charge in [-0.25, -0.2) is 14.6 Å². The second-order valence-electron chi connectivity index (χ2n) is 6.82. The van der Waals surface area contributed by atoms with Crippen molar-refractivity contribution >= 4 is 39.5 Å². The fraction of sp³-hybridized carbons (Fsp3) is 0.0952. The summed E-state index contributed by atoms with van der Waals surface area (Å²) in [6.07, 6.45) is 3.55. The molecule has 0 radical (unpaired) electrons. The molecule has 0 aliphatic carbocycles. The van der Waals surface area contributed by atoms with Crippen molar-refractivity contribution in [3.05, 3.63) is 78.5 Å². The highest BCUT2D eigenvalue weighted by Gasteiger charge is 2.15. The lowest BCUT2D eigenvalue weighted by Gasteiger charge is -2.03. The molecule has 0 N–H and O–H groups in total. The molecule has 4 heterocycles. The molecule has 6 aromatic rings. The first-order valence-corrected chi connectivity index (χ1v) is 10.4. The number of thioether (sulfide) groups is 1. The quantitative estimate of drug-likeness (QED) is 0.395. The monoisotopic (exact) mass is 413 g/mol. The van der Waals surface area contributed by atoms with Gasteiger partial charge >= 0.3 is 0 Å². The standard InChI is InChI=1S/C21H15N7OS/c1-2-6-14(7-3-1)11-28-19-15(10-23-28)20-26-25-18(27(20)13-22-19)12-30-21-24-16-8-4-5-9-17(16)29-21/h1-10,13H,11-12H2. The number of rotatable bonds is 5.